The predicted molar refractivity (Wildman–Crippen MR) is 308 cm³/mol. The van der Waals surface area contributed by atoms with Gasteiger partial charge in [0.05, 0.1) is 5.69 Å². The Labute approximate surface area is 427 Å². The molecule has 4 aliphatic rings. The zero-order chi connectivity index (χ0) is 50.4. The van der Waals surface area contributed by atoms with Crippen LogP contribution in [0.25, 0.3) is 0 Å². The fourth-order valence-electron chi connectivity index (χ4n) is 12.8. The molecule has 4 heteroatoms. The zero-order valence-corrected chi connectivity index (χ0v) is 45.5. The van der Waals surface area contributed by atoms with Crippen molar-refractivity contribution in [3.8, 4) is 0 Å². The summed E-state index contributed by atoms with van der Waals surface area (Å²) in [5, 5.41) is 0. The van der Waals surface area contributed by atoms with Crippen molar-refractivity contribution in [2.45, 2.75) is 162 Å². The van der Waals surface area contributed by atoms with Gasteiger partial charge in [0, 0.05) is 45.5 Å². The molecule has 0 atom stereocenters. The van der Waals surface area contributed by atoms with Crippen LogP contribution in [0.1, 0.15) is 162 Å². The first-order valence-corrected chi connectivity index (χ1v) is 26.6. The summed E-state index contributed by atoms with van der Waals surface area (Å²) in [7, 11) is 0. The average Bonchev–Trinajstić information content (AvgIpc) is 3.32. The minimum absolute atomic E-state index is 0.00675. The third-order valence-electron chi connectivity index (χ3n) is 17.6. The van der Waals surface area contributed by atoms with E-state index in [0.717, 1.165) is 29.9 Å². The van der Waals surface area contributed by atoms with Gasteiger partial charge in [0.1, 0.15) is 0 Å². The smallest absolute Gasteiger partial charge is 0.252 e. The van der Waals surface area contributed by atoms with Gasteiger partial charge < -0.3 is 14.7 Å². The second-order valence-corrected chi connectivity index (χ2v) is 26.5. The fraction of sp³-hybridized carbons (Fsp3) is 0.373. The van der Waals surface area contributed by atoms with E-state index in [1.54, 1.807) is 0 Å². The van der Waals surface area contributed by atoms with Gasteiger partial charge in [-0.1, -0.05) is 170 Å². The van der Waals surface area contributed by atoms with E-state index in [4.69, 9.17) is 0 Å². The summed E-state index contributed by atoms with van der Waals surface area (Å²) in [6, 6.07) is 54.7. The summed E-state index contributed by atoms with van der Waals surface area (Å²) < 4.78 is 0. The number of rotatable bonds is 5. The Bertz CT molecular complexity index is 3210. The summed E-state index contributed by atoms with van der Waals surface area (Å²) in [6.45, 7) is 36.2. The Hall–Kier alpha value is -6.00. The highest BCUT2D eigenvalue weighted by Gasteiger charge is 2.48. The third-order valence-corrected chi connectivity index (χ3v) is 17.6. The van der Waals surface area contributed by atoms with Crippen LogP contribution in [0.5, 0.6) is 0 Å². The topological polar surface area (TPSA) is 9.72 Å². The van der Waals surface area contributed by atoms with Crippen molar-refractivity contribution in [2.24, 2.45) is 0 Å². The molecule has 0 radical (unpaired) electrons. The number of hydrogen-bond donors (Lipinski definition) is 0. The Balaban J connectivity index is 1.33. The Kier molecular flexibility index (Phi) is 10.7. The molecule has 0 saturated heterocycles. The summed E-state index contributed by atoms with van der Waals surface area (Å²) in [4.78, 5) is 7.87. The standard InChI is InChI=1S/C67H76BN3/c1-43-26-27-44(62(2,3)4)36-56(43)71-57-37-45(63(5,6)7)28-31-54(57)68-55-41-52-53(67(14,15)35-34-66(52,12)13)42-58(55)70(48-29-30-50-51(38-48)65(10,11)33-32-64(50,8)9)59-39-49(40-60(71)61(59)68)69(46-22-18-16-19-23-46)47-24-20-17-21-25-47/h16-31,36-42H,32-35H2,1-15H3. The number of benzene rings is 7. The maximum absolute atomic E-state index is 2.71. The van der Waals surface area contributed by atoms with E-state index in [0.29, 0.717) is 0 Å². The third kappa shape index (κ3) is 7.68. The highest BCUT2D eigenvalue weighted by Crippen LogP contribution is 2.54. The lowest BCUT2D eigenvalue weighted by atomic mass is 9.33. The van der Waals surface area contributed by atoms with E-state index in [1.165, 1.54) is 102 Å². The number of para-hydroxylation sites is 2. The van der Waals surface area contributed by atoms with Crippen LogP contribution in [-0.2, 0) is 32.5 Å². The maximum Gasteiger partial charge on any atom is 0.252 e. The van der Waals surface area contributed by atoms with Crippen LogP contribution in [0, 0.1) is 6.92 Å². The van der Waals surface area contributed by atoms with Crippen LogP contribution in [0.4, 0.5) is 51.2 Å². The van der Waals surface area contributed by atoms with Gasteiger partial charge in [-0.2, -0.15) is 0 Å². The van der Waals surface area contributed by atoms with Crippen molar-refractivity contribution in [1.82, 2.24) is 0 Å². The average molecular weight is 934 g/mol. The number of aryl methyl sites for hydroxylation is 1. The van der Waals surface area contributed by atoms with E-state index in [2.05, 4.69) is 258 Å². The summed E-state index contributed by atoms with van der Waals surface area (Å²) in [5.41, 5.74) is 25.0. The molecular formula is C67H76BN3. The maximum atomic E-state index is 2.71. The molecular weight excluding hydrogens is 858 g/mol. The fourth-order valence-corrected chi connectivity index (χ4v) is 12.8. The Morgan fingerprint density at radius 3 is 1.42 bits per heavy atom. The van der Waals surface area contributed by atoms with E-state index < -0.39 is 0 Å². The van der Waals surface area contributed by atoms with Gasteiger partial charge in [-0.05, 0) is 187 Å². The van der Waals surface area contributed by atoms with Crippen molar-refractivity contribution in [3.05, 3.63) is 178 Å². The quantitative estimate of drug-likeness (QED) is 0.159. The first-order chi connectivity index (χ1) is 33.4. The van der Waals surface area contributed by atoms with Crippen molar-refractivity contribution < 1.29 is 0 Å². The molecule has 3 nitrogen and oxygen atoms in total. The molecule has 0 amide bonds. The number of anilines is 9. The molecule has 0 bridgehead atoms. The highest BCUT2D eigenvalue weighted by atomic mass is 15.2. The molecule has 0 unspecified atom stereocenters. The molecule has 0 fully saturated rings. The molecule has 7 aromatic rings. The minimum Gasteiger partial charge on any atom is -0.311 e. The zero-order valence-electron chi connectivity index (χ0n) is 45.5. The number of hydrogen-bond acceptors (Lipinski definition) is 3. The first-order valence-electron chi connectivity index (χ1n) is 26.6. The van der Waals surface area contributed by atoms with E-state index in [-0.39, 0.29) is 39.2 Å². The monoisotopic (exact) mass is 934 g/mol. The van der Waals surface area contributed by atoms with Gasteiger partial charge in [0.15, 0.2) is 0 Å². The lowest BCUT2D eigenvalue weighted by Crippen LogP contribution is -2.62. The molecule has 11 rings (SSSR count). The molecule has 362 valence electrons. The van der Waals surface area contributed by atoms with Gasteiger partial charge in [-0.3, -0.25) is 0 Å². The van der Waals surface area contributed by atoms with Gasteiger partial charge in [0.25, 0.3) is 6.71 Å². The SMILES string of the molecule is Cc1ccc(C(C)(C)C)cc1N1c2cc(C(C)(C)C)ccc2B2c3cc4c(cc3N(c3ccc5c(c3)C(C)(C)CCC5(C)C)c3cc(N(c5ccccc5)c5ccccc5)cc1c32)C(C)(C)CCC4(C)C. The Morgan fingerprint density at radius 2 is 0.873 bits per heavy atom. The summed E-state index contributed by atoms with van der Waals surface area (Å²) in [5.74, 6) is 0. The molecule has 0 N–H and O–H groups in total. The lowest BCUT2D eigenvalue weighted by molar-refractivity contribution is 0.332. The van der Waals surface area contributed by atoms with Gasteiger partial charge in [-0.25, -0.2) is 0 Å². The highest BCUT2D eigenvalue weighted by molar-refractivity contribution is 7.00. The second kappa shape index (κ2) is 16.0. The van der Waals surface area contributed by atoms with Crippen molar-refractivity contribution >= 4 is 74.3 Å². The van der Waals surface area contributed by atoms with E-state index >= 15 is 0 Å². The van der Waals surface area contributed by atoms with Crippen molar-refractivity contribution in [1.29, 1.82) is 0 Å². The summed E-state index contributed by atoms with van der Waals surface area (Å²) >= 11 is 0. The molecule has 0 saturated carbocycles. The second-order valence-electron chi connectivity index (χ2n) is 26.5. The molecule has 7 aromatic carbocycles. The van der Waals surface area contributed by atoms with Crippen LogP contribution in [-0.4, -0.2) is 6.71 Å². The van der Waals surface area contributed by atoms with Crippen molar-refractivity contribution in [3.63, 3.8) is 0 Å². The minimum atomic E-state index is -0.0571. The van der Waals surface area contributed by atoms with E-state index in [1.807, 2.05) is 0 Å². The molecule has 0 aromatic heterocycles. The van der Waals surface area contributed by atoms with Gasteiger partial charge in [-0.15, -0.1) is 0 Å². The first kappa shape index (κ1) is 47.3. The van der Waals surface area contributed by atoms with Crippen LogP contribution in [0.15, 0.2) is 140 Å². The van der Waals surface area contributed by atoms with Crippen LogP contribution < -0.4 is 31.1 Å². The lowest BCUT2D eigenvalue weighted by Gasteiger charge is -2.48. The summed E-state index contributed by atoms with van der Waals surface area (Å²) in [6.07, 6.45) is 4.67. The van der Waals surface area contributed by atoms with Crippen LogP contribution in [0.3, 0.4) is 0 Å². The Morgan fingerprint density at radius 1 is 0.408 bits per heavy atom. The molecule has 0 spiro atoms. The number of fused-ring (bicyclic) bond motifs is 6. The number of nitrogens with zero attached hydrogens (tertiary/aromatic N) is 3. The molecule has 2 aliphatic heterocycles. The van der Waals surface area contributed by atoms with Crippen molar-refractivity contribution in [2.75, 3.05) is 14.7 Å². The van der Waals surface area contributed by atoms with E-state index in [9.17, 15) is 0 Å². The van der Waals surface area contributed by atoms with Gasteiger partial charge >= 0.3 is 0 Å². The van der Waals surface area contributed by atoms with Gasteiger partial charge in [0.2, 0.25) is 0 Å². The molecule has 2 aliphatic carbocycles. The predicted octanol–water partition coefficient (Wildman–Crippen LogP) is 16.8. The molecule has 2 heterocycles. The van der Waals surface area contributed by atoms with Crippen LogP contribution >= 0.6 is 0 Å². The molecule has 71 heavy (non-hydrogen) atoms. The largest absolute Gasteiger partial charge is 0.311 e. The van der Waals surface area contributed by atoms with Crippen LogP contribution in [0.2, 0.25) is 0 Å². The normalized spacial score (nSPS) is 17.9.